The number of halogens is 2. The second-order valence-electron chi connectivity index (χ2n) is 6.17. The molecule has 0 fully saturated rings. The van der Waals surface area contributed by atoms with Crippen LogP contribution in [0.15, 0.2) is 72.9 Å². The van der Waals surface area contributed by atoms with Gasteiger partial charge in [-0.1, -0.05) is 65.7 Å². The zero-order valence-electron chi connectivity index (χ0n) is 15.1. The van der Waals surface area contributed by atoms with Crippen molar-refractivity contribution in [2.24, 2.45) is 0 Å². The first kappa shape index (κ1) is 20.2. The molecule has 0 aliphatic carbocycles. The van der Waals surface area contributed by atoms with E-state index in [-0.39, 0.29) is 11.9 Å². The minimum Gasteiger partial charge on any atom is -0.492 e. The van der Waals surface area contributed by atoms with E-state index in [1.165, 1.54) is 0 Å². The first-order valence-electron chi connectivity index (χ1n) is 8.97. The normalized spacial score (nSPS) is 11.6. The second-order valence-corrected chi connectivity index (χ2v) is 6.95. The van der Waals surface area contributed by atoms with Crippen LogP contribution in [0, 0.1) is 0 Å². The van der Waals surface area contributed by atoms with E-state index in [0.29, 0.717) is 35.2 Å². The zero-order valence-corrected chi connectivity index (χ0v) is 16.7. The van der Waals surface area contributed by atoms with E-state index >= 15 is 0 Å². The maximum Gasteiger partial charge on any atom is 0.220 e. The van der Waals surface area contributed by atoms with Gasteiger partial charge in [0.15, 0.2) is 0 Å². The number of aromatic nitrogens is 1. The summed E-state index contributed by atoms with van der Waals surface area (Å²) in [6.45, 7) is 0.368. The molecule has 0 aliphatic rings. The topological polar surface area (TPSA) is 51.2 Å². The highest BCUT2D eigenvalue weighted by Crippen LogP contribution is 2.31. The lowest BCUT2D eigenvalue weighted by Crippen LogP contribution is -2.30. The maximum absolute atomic E-state index is 12.5. The minimum absolute atomic E-state index is 0.0692. The molecular formula is C22H20Cl2N2O2. The SMILES string of the molecule is O=C(CCCOc1cccc(Cl)c1Cl)NC(c1ccccc1)c1ccccn1. The average molecular weight is 415 g/mol. The molecule has 0 saturated carbocycles. The lowest BCUT2D eigenvalue weighted by molar-refractivity contribution is -0.121. The molecule has 1 aromatic heterocycles. The number of ether oxygens (including phenoxy) is 1. The highest BCUT2D eigenvalue weighted by Gasteiger charge is 2.17. The molecule has 3 aromatic rings. The van der Waals surface area contributed by atoms with Crippen molar-refractivity contribution in [2.45, 2.75) is 18.9 Å². The van der Waals surface area contributed by atoms with Crippen LogP contribution >= 0.6 is 23.2 Å². The Labute approximate surface area is 174 Å². The predicted molar refractivity (Wildman–Crippen MR) is 112 cm³/mol. The molecule has 144 valence electrons. The number of nitrogens with zero attached hydrogens (tertiary/aromatic N) is 1. The van der Waals surface area contributed by atoms with Crippen LogP contribution in [0.5, 0.6) is 5.75 Å². The van der Waals surface area contributed by atoms with E-state index in [1.807, 2.05) is 48.5 Å². The van der Waals surface area contributed by atoms with Gasteiger partial charge in [0.25, 0.3) is 0 Å². The van der Waals surface area contributed by atoms with Gasteiger partial charge in [0.1, 0.15) is 10.8 Å². The fourth-order valence-electron chi connectivity index (χ4n) is 2.76. The summed E-state index contributed by atoms with van der Waals surface area (Å²) in [5.74, 6) is 0.450. The summed E-state index contributed by atoms with van der Waals surface area (Å²) < 4.78 is 5.63. The molecule has 0 saturated heterocycles. The highest BCUT2D eigenvalue weighted by atomic mass is 35.5. The van der Waals surface area contributed by atoms with Gasteiger partial charge in [0, 0.05) is 12.6 Å². The summed E-state index contributed by atoms with van der Waals surface area (Å²) >= 11 is 12.1. The minimum atomic E-state index is -0.293. The van der Waals surface area contributed by atoms with Crippen LogP contribution in [0.2, 0.25) is 10.0 Å². The number of amides is 1. The van der Waals surface area contributed by atoms with Crippen molar-refractivity contribution >= 4 is 29.1 Å². The van der Waals surface area contributed by atoms with Gasteiger partial charge >= 0.3 is 0 Å². The lowest BCUT2D eigenvalue weighted by Gasteiger charge is -2.19. The molecule has 1 atom stereocenters. The van der Waals surface area contributed by atoms with Crippen LogP contribution in [0.1, 0.15) is 30.1 Å². The van der Waals surface area contributed by atoms with Crippen LogP contribution in [-0.2, 0) is 4.79 Å². The summed E-state index contributed by atoms with van der Waals surface area (Å²) in [7, 11) is 0. The lowest BCUT2D eigenvalue weighted by atomic mass is 10.0. The van der Waals surface area contributed by atoms with Gasteiger partial charge in [0.2, 0.25) is 5.91 Å². The van der Waals surface area contributed by atoms with Crippen LogP contribution in [0.25, 0.3) is 0 Å². The van der Waals surface area contributed by atoms with Crippen molar-refractivity contribution in [3.05, 3.63) is 94.2 Å². The monoisotopic (exact) mass is 414 g/mol. The number of hydrogen-bond acceptors (Lipinski definition) is 3. The molecule has 1 unspecified atom stereocenters. The fraction of sp³-hybridized carbons (Fsp3) is 0.182. The smallest absolute Gasteiger partial charge is 0.220 e. The Morgan fingerprint density at radius 1 is 1.00 bits per heavy atom. The van der Waals surface area contributed by atoms with Gasteiger partial charge in [0.05, 0.1) is 23.4 Å². The molecular weight excluding hydrogens is 395 g/mol. The Kier molecular flexibility index (Phi) is 7.29. The number of pyridine rings is 1. The molecule has 0 radical (unpaired) electrons. The summed E-state index contributed by atoms with van der Waals surface area (Å²) in [6.07, 6.45) is 2.60. The third-order valence-corrected chi connectivity index (χ3v) is 4.95. The van der Waals surface area contributed by atoms with Crippen molar-refractivity contribution in [3.8, 4) is 5.75 Å². The van der Waals surface area contributed by atoms with Crippen molar-refractivity contribution in [1.82, 2.24) is 10.3 Å². The van der Waals surface area contributed by atoms with Crippen molar-refractivity contribution in [1.29, 1.82) is 0 Å². The Hall–Kier alpha value is -2.56. The van der Waals surface area contributed by atoms with Crippen LogP contribution < -0.4 is 10.1 Å². The van der Waals surface area contributed by atoms with Crippen LogP contribution in [0.3, 0.4) is 0 Å². The van der Waals surface area contributed by atoms with E-state index in [1.54, 1.807) is 24.4 Å². The van der Waals surface area contributed by atoms with E-state index in [4.69, 9.17) is 27.9 Å². The second kappa shape index (κ2) is 10.1. The standard InChI is InChI=1S/C22H20Cl2N2O2/c23-17-10-6-12-19(21(17)24)28-15-7-13-20(27)26-22(16-8-2-1-3-9-16)18-11-4-5-14-25-18/h1-6,8-12,14,22H,7,13,15H2,(H,26,27). The quantitative estimate of drug-likeness (QED) is 0.498. The molecule has 0 spiro atoms. The summed E-state index contributed by atoms with van der Waals surface area (Å²) in [5.41, 5.74) is 1.78. The number of rotatable bonds is 8. The Balaban J connectivity index is 1.56. The number of carbonyl (C=O) groups is 1. The van der Waals surface area contributed by atoms with Gasteiger partial charge in [-0.25, -0.2) is 0 Å². The number of benzene rings is 2. The first-order chi connectivity index (χ1) is 13.6. The molecule has 4 nitrogen and oxygen atoms in total. The van der Waals surface area contributed by atoms with Gasteiger partial charge in [-0.15, -0.1) is 0 Å². The van der Waals surface area contributed by atoms with Gasteiger partial charge in [-0.05, 0) is 36.2 Å². The fourth-order valence-corrected chi connectivity index (χ4v) is 3.11. The molecule has 28 heavy (non-hydrogen) atoms. The van der Waals surface area contributed by atoms with E-state index in [2.05, 4.69) is 10.3 Å². The molecule has 3 rings (SSSR count). The Bertz CT molecular complexity index is 865. The Morgan fingerprint density at radius 3 is 2.54 bits per heavy atom. The predicted octanol–water partition coefficient (Wildman–Crippen LogP) is 5.45. The highest BCUT2D eigenvalue weighted by molar-refractivity contribution is 6.42. The number of carbonyl (C=O) groups excluding carboxylic acids is 1. The van der Waals surface area contributed by atoms with E-state index in [9.17, 15) is 4.79 Å². The van der Waals surface area contributed by atoms with Crippen LogP contribution in [-0.4, -0.2) is 17.5 Å². The zero-order chi connectivity index (χ0) is 19.8. The molecule has 1 amide bonds. The molecule has 0 bridgehead atoms. The van der Waals surface area contributed by atoms with Gasteiger partial charge in [-0.3, -0.25) is 9.78 Å². The first-order valence-corrected chi connectivity index (χ1v) is 9.73. The summed E-state index contributed by atoms with van der Waals surface area (Å²) in [6, 6.07) is 20.4. The van der Waals surface area contributed by atoms with E-state index < -0.39 is 0 Å². The number of hydrogen-bond donors (Lipinski definition) is 1. The number of nitrogens with one attached hydrogen (secondary N) is 1. The Morgan fingerprint density at radius 2 is 1.79 bits per heavy atom. The summed E-state index contributed by atoms with van der Waals surface area (Å²) in [5, 5.41) is 3.89. The third-order valence-electron chi connectivity index (χ3n) is 4.14. The maximum atomic E-state index is 12.5. The molecule has 2 aromatic carbocycles. The van der Waals surface area contributed by atoms with E-state index in [0.717, 1.165) is 11.3 Å². The van der Waals surface area contributed by atoms with Crippen molar-refractivity contribution in [3.63, 3.8) is 0 Å². The average Bonchev–Trinajstić information content (AvgIpc) is 2.73. The van der Waals surface area contributed by atoms with Crippen molar-refractivity contribution in [2.75, 3.05) is 6.61 Å². The third kappa shape index (κ3) is 5.47. The molecule has 6 heteroatoms. The van der Waals surface area contributed by atoms with Crippen LogP contribution in [0.4, 0.5) is 0 Å². The molecule has 0 aliphatic heterocycles. The van der Waals surface area contributed by atoms with Gasteiger partial charge in [-0.2, -0.15) is 0 Å². The summed E-state index contributed by atoms with van der Waals surface area (Å²) in [4.78, 5) is 16.9. The molecule has 1 N–H and O–H groups in total. The largest absolute Gasteiger partial charge is 0.492 e. The van der Waals surface area contributed by atoms with Gasteiger partial charge < -0.3 is 10.1 Å². The molecule has 1 heterocycles. The van der Waals surface area contributed by atoms with Crippen molar-refractivity contribution < 1.29 is 9.53 Å².